The van der Waals surface area contributed by atoms with E-state index in [2.05, 4.69) is 15.5 Å². The van der Waals surface area contributed by atoms with Crippen LogP contribution in [0.15, 0.2) is 24.3 Å². The molecule has 0 atom stereocenters. The lowest BCUT2D eigenvalue weighted by atomic mass is 10.2. The first-order valence-corrected chi connectivity index (χ1v) is 4.53. The number of nitrogens with zero attached hydrogens (tertiary/aromatic N) is 4. The number of carboxylic acids is 1. The first kappa shape index (κ1) is 10.2. The molecule has 0 radical (unpaired) electrons. The van der Waals surface area contributed by atoms with Crippen LogP contribution in [0.3, 0.4) is 0 Å². The fraction of sp³-hybridized carbons (Fsp3) is 0.111. The van der Waals surface area contributed by atoms with Crippen LogP contribution in [0, 0.1) is 0 Å². The summed E-state index contributed by atoms with van der Waals surface area (Å²) in [5.41, 5.74) is 6.20. The van der Waals surface area contributed by atoms with Gasteiger partial charge in [0, 0.05) is 0 Å². The normalized spacial score (nSPS) is 10.3. The molecule has 16 heavy (non-hydrogen) atoms. The number of tetrazole rings is 1. The number of hydrogen-bond acceptors (Lipinski definition) is 5. The molecule has 0 aliphatic heterocycles. The van der Waals surface area contributed by atoms with Gasteiger partial charge in [-0.15, -0.1) is 5.10 Å². The molecule has 2 rings (SSSR count). The van der Waals surface area contributed by atoms with Crippen LogP contribution >= 0.6 is 0 Å². The van der Waals surface area contributed by atoms with Crippen LogP contribution in [0.25, 0.3) is 5.69 Å². The van der Waals surface area contributed by atoms with Crippen LogP contribution in [0.4, 0.5) is 0 Å². The van der Waals surface area contributed by atoms with Crippen molar-refractivity contribution in [3.8, 4) is 5.69 Å². The van der Waals surface area contributed by atoms with E-state index in [-0.39, 0.29) is 12.1 Å². The highest BCUT2D eigenvalue weighted by Crippen LogP contribution is 2.10. The van der Waals surface area contributed by atoms with Gasteiger partial charge in [-0.3, -0.25) is 0 Å². The lowest BCUT2D eigenvalue weighted by Crippen LogP contribution is -2.08. The molecule has 2 aromatic rings. The molecule has 0 bridgehead atoms. The molecule has 0 fully saturated rings. The lowest BCUT2D eigenvalue weighted by Gasteiger charge is -2.03. The van der Waals surface area contributed by atoms with Crippen molar-refractivity contribution in [2.75, 3.05) is 0 Å². The van der Waals surface area contributed by atoms with Crippen molar-refractivity contribution in [3.05, 3.63) is 35.7 Å². The zero-order chi connectivity index (χ0) is 11.5. The predicted molar refractivity (Wildman–Crippen MR) is 54.0 cm³/mol. The van der Waals surface area contributed by atoms with Crippen LogP contribution in [0.5, 0.6) is 0 Å². The van der Waals surface area contributed by atoms with Crippen LogP contribution in [-0.2, 0) is 6.54 Å². The van der Waals surface area contributed by atoms with Crippen molar-refractivity contribution in [1.82, 2.24) is 20.2 Å². The van der Waals surface area contributed by atoms with E-state index >= 15 is 0 Å². The zero-order valence-corrected chi connectivity index (χ0v) is 8.24. The van der Waals surface area contributed by atoms with Crippen LogP contribution < -0.4 is 5.73 Å². The molecule has 82 valence electrons. The molecule has 0 unspecified atom stereocenters. The number of hydrogen-bond donors (Lipinski definition) is 2. The minimum absolute atomic E-state index is 0.177. The summed E-state index contributed by atoms with van der Waals surface area (Å²) in [6.07, 6.45) is 0. The van der Waals surface area contributed by atoms with Crippen molar-refractivity contribution in [3.63, 3.8) is 0 Å². The van der Waals surface area contributed by atoms with E-state index in [1.165, 1.54) is 16.8 Å². The highest BCUT2D eigenvalue weighted by Gasteiger charge is 2.09. The molecule has 0 aliphatic rings. The molecule has 7 nitrogen and oxygen atoms in total. The molecule has 0 amide bonds. The Hall–Kier alpha value is -2.28. The SMILES string of the molecule is NCc1nnnn1-c1cccc(C(=O)O)c1. The highest BCUT2D eigenvalue weighted by molar-refractivity contribution is 5.88. The van der Waals surface area contributed by atoms with E-state index < -0.39 is 5.97 Å². The molecule has 0 spiro atoms. The predicted octanol–water partition coefficient (Wildman–Crippen LogP) is -0.181. The van der Waals surface area contributed by atoms with E-state index in [9.17, 15) is 4.79 Å². The molecule has 3 N–H and O–H groups in total. The summed E-state index contributed by atoms with van der Waals surface area (Å²) in [5.74, 6) is -0.522. The molecule has 0 saturated heterocycles. The standard InChI is InChI=1S/C9H9N5O2/c10-5-8-11-12-13-14(8)7-3-1-2-6(4-7)9(15)16/h1-4H,5,10H2,(H,15,16). The van der Waals surface area contributed by atoms with Gasteiger partial charge in [0.25, 0.3) is 0 Å². The third-order valence-corrected chi connectivity index (χ3v) is 2.05. The van der Waals surface area contributed by atoms with E-state index in [0.717, 1.165) is 0 Å². The second kappa shape index (κ2) is 4.07. The Morgan fingerprint density at radius 2 is 2.31 bits per heavy atom. The number of nitrogens with two attached hydrogens (primary N) is 1. The van der Waals surface area contributed by atoms with Crippen molar-refractivity contribution in [2.24, 2.45) is 5.73 Å². The summed E-state index contributed by atoms with van der Waals surface area (Å²) in [4.78, 5) is 10.8. The maximum atomic E-state index is 10.8. The maximum absolute atomic E-state index is 10.8. The molecular formula is C9H9N5O2. The van der Waals surface area contributed by atoms with Crippen LogP contribution in [0.2, 0.25) is 0 Å². The summed E-state index contributed by atoms with van der Waals surface area (Å²) in [5, 5.41) is 19.8. The molecule has 7 heteroatoms. The fourth-order valence-corrected chi connectivity index (χ4v) is 1.30. The Labute approximate surface area is 90.5 Å². The summed E-state index contributed by atoms with van der Waals surface area (Å²) in [6, 6.07) is 6.32. The highest BCUT2D eigenvalue weighted by atomic mass is 16.4. The van der Waals surface area contributed by atoms with Gasteiger partial charge in [-0.1, -0.05) is 6.07 Å². The van der Waals surface area contributed by atoms with Gasteiger partial charge in [0.05, 0.1) is 17.8 Å². The van der Waals surface area contributed by atoms with Gasteiger partial charge in [-0.25, -0.2) is 4.79 Å². The fourth-order valence-electron chi connectivity index (χ4n) is 1.30. The van der Waals surface area contributed by atoms with Gasteiger partial charge in [-0.05, 0) is 28.6 Å². The minimum Gasteiger partial charge on any atom is -0.478 e. The van der Waals surface area contributed by atoms with Crippen molar-refractivity contribution in [2.45, 2.75) is 6.54 Å². The number of rotatable bonds is 3. The van der Waals surface area contributed by atoms with Crippen molar-refractivity contribution >= 4 is 5.97 Å². The lowest BCUT2D eigenvalue weighted by molar-refractivity contribution is 0.0697. The Morgan fingerprint density at radius 1 is 1.50 bits per heavy atom. The first-order chi connectivity index (χ1) is 7.72. The number of carboxylic acid groups (broad SMARTS) is 1. The Kier molecular flexibility index (Phi) is 2.61. The topological polar surface area (TPSA) is 107 Å². The van der Waals surface area contributed by atoms with Gasteiger partial charge in [0.1, 0.15) is 0 Å². The molecule has 0 aliphatic carbocycles. The first-order valence-electron chi connectivity index (χ1n) is 4.53. The smallest absolute Gasteiger partial charge is 0.335 e. The largest absolute Gasteiger partial charge is 0.478 e. The molecule has 0 saturated carbocycles. The Balaban J connectivity index is 2.48. The third-order valence-electron chi connectivity index (χ3n) is 2.05. The number of aromatic carboxylic acids is 1. The van der Waals surface area contributed by atoms with E-state index in [4.69, 9.17) is 10.8 Å². The van der Waals surface area contributed by atoms with Gasteiger partial charge >= 0.3 is 5.97 Å². The second-order valence-electron chi connectivity index (χ2n) is 3.07. The van der Waals surface area contributed by atoms with E-state index in [1.807, 2.05) is 0 Å². The summed E-state index contributed by atoms with van der Waals surface area (Å²) < 4.78 is 1.41. The van der Waals surface area contributed by atoms with Gasteiger partial charge in [-0.2, -0.15) is 4.68 Å². The molecular weight excluding hydrogens is 210 g/mol. The van der Waals surface area contributed by atoms with Gasteiger partial charge < -0.3 is 10.8 Å². The second-order valence-corrected chi connectivity index (χ2v) is 3.07. The number of aromatic nitrogens is 4. The van der Waals surface area contributed by atoms with Gasteiger partial charge in [0.15, 0.2) is 5.82 Å². The van der Waals surface area contributed by atoms with Crippen LogP contribution in [-0.4, -0.2) is 31.3 Å². The van der Waals surface area contributed by atoms with Crippen molar-refractivity contribution < 1.29 is 9.90 Å². The summed E-state index contributed by atoms with van der Waals surface area (Å²) in [7, 11) is 0. The molecule has 1 heterocycles. The van der Waals surface area contributed by atoms with Crippen molar-refractivity contribution in [1.29, 1.82) is 0 Å². The number of benzene rings is 1. The third kappa shape index (κ3) is 1.75. The molecule has 1 aromatic carbocycles. The quantitative estimate of drug-likeness (QED) is 0.741. The van der Waals surface area contributed by atoms with E-state index in [1.54, 1.807) is 12.1 Å². The minimum atomic E-state index is -0.996. The van der Waals surface area contributed by atoms with E-state index in [0.29, 0.717) is 11.5 Å². The summed E-state index contributed by atoms with van der Waals surface area (Å²) >= 11 is 0. The Bertz CT molecular complexity index is 522. The monoisotopic (exact) mass is 219 g/mol. The van der Waals surface area contributed by atoms with Crippen LogP contribution in [0.1, 0.15) is 16.2 Å². The Morgan fingerprint density at radius 3 is 3.00 bits per heavy atom. The number of carbonyl (C=O) groups is 1. The van der Waals surface area contributed by atoms with Gasteiger partial charge in [0.2, 0.25) is 0 Å². The summed E-state index contributed by atoms with van der Waals surface area (Å²) in [6.45, 7) is 0.185. The zero-order valence-electron chi connectivity index (χ0n) is 8.24. The average molecular weight is 219 g/mol. The maximum Gasteiger partial charge on any atom is 0.335 e. The molecule has 1 aromatic heterocycles. The average Bonchev–Trinajstić information content (AvgIpc) is 2.77.